The molecule has 3 heteroatoms. The molecule has 0 N–H and O–H groups in total. The van der Waals surface area contributed by atoms with Crippen LogP contribution in [0, 0.1) is 5.92 Å². The van der Waals surface area contributed by atoms with Crippen LogP contribution in [0.4, 0.5) is 0 Å². The van der Waals surface area contributed by atoms with Crippen molar-refractivity contribution in [1.82, 2.24) is 0 Å². The fraction of sp³-hybridized carbons (Fsp3) is 0.500. The van der Waals surface area contributed by atoms with Crippen molar-refractivity contribution >= 4 is 12.6 Å². The van der Waals surface area contributed by atoms with E-state index in [0.717, 1.165) is 29.4 Å². The number of rotatable bonds is 5. The maximum atomic E-state index is 5.63. The molecule has 0 atom stereocenters. The molecule has 0 fully saturated rings. The van der Waals surface area contributed by atoms with Gasteiger partial charge in [-0.25, -0.2) is 0 Å². The minimum Gasteiger partial charge on any atom is -0.493 e. The van der Waals surface area contributed by atoms with Gasteiger partial charge in [-0.15, -0.1) is 12.6 Å². The van der Waals surface area contributed by atoms with Crippen LogP contribution in [0.5, 0.6) is 11.5 Å². The first-order chi connectivity index (χ1) is 7.13. The van der Waals surface area contributed by atoms with Crippen molar-refractivity contribution in [2.75, 3.05) is 13.7 Å². The molecule has 1 aromatic rings. The molecule has 0 bridgehead atoms. The number of methoxy groups -OCH3 is 1. The van der Waals surface area contributed by atoms with E-state index in [1.54, 1.807) is 7.11 Å². The van der Waals surface area contributed by atoms with Crippen LogP contribution in [0.25, 0.3) is 0 Å². The summed E-state index contributed by atoms with van der Waals surface area (Å²) < 4.78 is 10.8. The molecule has 1 aromatic carbocycles. The molecule has 0 radical (unpaired) electrons. The van der Waals surface area contributed by atoms with Crippen molar-refractivity contribution in [1.29, 1.82) is 0 Å². The summed E-state index contributed by atoms with van der Waals surface area (Å²) in [7, 11) is 1.64. The van der Waals surface area contributed by atoms with Gasteiger partial charge in [-0.2, -0.15) is 0 Å². The van der Waals surface area contributed by atoms with Crippen LogP contribution in [-0.2, 0) is 0 Å². The average Bonchev–Trinajstić information content (AvgIpc) is 2.19. The van der Waals surface area contributed by atoms with Crippen LogP contribution in [-0.4, -0.2) is 13.7 Å². The second-order valence-corrected chi connectivity index (χ2v) is 4.38. The number of hydrogen-bond donors (Lipinski definition) is 1. The van der Waals surface area contributed by atoms with Crippen LogP contribution < -0.4 is 9.47 Å². The van der Waals surface area contributed by atoms with Gasteiger partial charge in [0.2, 0.25) is 0 Å². The Morgan fingerprint density at radius 2 is 2.00 bits per heavy atom. The van der Waals surface area contributed by atoms with Gasteiger partial charge >= 0.3 is 0 Å². The highest BCUT2D eigenvalue weighted by molar-refractivity contribution is 7.80. The molecule has 0 saturated heterocycles. The van der Waals surface area contributed by atoms with Crippen LogP contribution in [0.15, 0.2) is 23.1 Å². The summed E-state index contributed by atoms with van der Waals surface area (Å²) in [5, 5.41) is 0. The van der Waals surface area contributed by atoms with Crippen molar-refractivity contribution in [2.24, 2.45) is 5.92 Å². The molecule has 0 spiro atoms. The van der Waals surface area contributed by atoms with Crippen LogP contribution in [0.1, 0.15) is 20.3 Å². The Kier molecular flexibility index (Phi) is 4.82. The van der Waals surface area contributed by atoms with E-state index >= 15 is 0 Å². The van der Waals surface area contributed by atoms with Gasteiger partial charge in [-0.1, -0.05) is 13.8 Å². The maximum Gasteiger partial charge on any atom is 0.161 e. The smallest absolute Gasteiger partial charge is 0.161 e. The lowest BCUT2D eigenvalue weighted by molar-refractivity contribution is 0.272. The fourth-order valence-corrected chi connectivity index (χ4v) is 1.37. The van der Waals surface area contributed by atoms with Crippen LogP contribution in [0.3, 0.4) is 0 Å². The summed E-state index contributed by atoms with van der Waals surface area (Å²) in [5.74, 6) is 2.18. The lowest BCUT2D eigenvalue weighted by atomic mass is 10.1. The van der Waals surface area contributed by atoms with Crippen LogP contribution in [0.2, 0.25) is 0 Å². The van der Waals surface area contributed by atoms with Gasteiger partial charge in [0, 0.05) is 4.90 Å². The molecule has 0 aliphatic carbocycles. The average molecular weight is 226 g/mol. The third kappa shape index (κ3) is 4.04. The molecule has 84 valence electrons. The summed E-state index contributed by atoms with van der Waals surface area (Å²) >= 11 is 4.24. The molecule has 1 rings (SSSR count). The molecule has 2 nitrogen and oxygen atoms in total. The third-order valence-corrected chi connectivity index (χ3v) is 2.38. The summed E-state index contributed by atoms with van der Waals surface area (Å²) in [6.07, 6.45) is 1.05. The molecule has 0 unspecified atom stereocenters. The predicted octanol–water partition coefficient (Wildman–Crippen LogP) is 3.41. The third-order valence-electron chi connectivity index (χ3n) is 2.10. The monoisotopic (exact) mass is 226 g/mol. The quantitative estimate of drug-likeness (QED) is 0.776. The number of hydrogen-bond acceptors (Lipinski definition) is 3. The van der Waals surface area contributed by atoms with Crippen LogP contribution >= 0.6 is 12.6 Å². The largest absolute Gasteiger partial charge is 0.493 e. The Morgan fingerprint density at radius 1 is 1.27 bits per heavy atom. The summed E-state index contributed by atoms with van der Waals surface area (Å²) in [5.41, 5.74) is 0. The van der Waals surface area contributed by atoms with E-state index in [1.807, 2.05) is 18.2 Å². The molecular weight excluding hydrogens is 208 g/mol. The minimum atomic E-state index is 0.653. The molecule has 0 aromatic heterocycles. The first-order valence-electron chi connectivity index (χ1n) is 5.13. The lowest BCUT2D eigenvalue weighted by Gasteiger charge is -2.11. The second-order valence-electron chi connectivity index (χ2n) is 3.87. The van der Waals surface area contributed by atoms with E-state index in [1.165, 1.54) is 0 Å². The zero-order chi connectivity index (χ0) is 11.3. The Morgan fingerprint density at radius 3 is 2.60 bits per heavy atom. The molecule has 15 heavy (non-hydrogen) atoms. The zero-order valence-electron chi connectivity index (χ0n) is 9.49. The highest BCUT2D eigenvalue weighted by atomic mass is 32.1. The molecule has 0 aliphatic heterocycles. The molecular formula is C12H18O2S. The Bertz CT molecular complexity index is 310. The highest BCUT2D eigenvalue weighted by Crippen LogP contribution is 2.29. The standard InChI is InChI=1S/C12H18O2S/c1-9(2)6-7-14-11-5-4-10(15)8-12(11)13-3/h4-5,8-9,15H,6-7H2,1-3H3. The molecule has 0 aliphatic rings. The van der Waals surface area contributed by atoms with Gasteiger partial charge in [-0.05, 0) is 30.5 Å². The first kappa shape index (κ1) is 12.2. The van der Waals surface area contributed by atoms with Gasteiger partial charge in [0.15, 0.2) is 11.5 Å². The van der Waals surface area contributed by atoms with E-state index in [9.17, 15) is 0 Å². The fourth-order valence-electron chi connectivity index (χ4n) is 1.18. The normalized spacial score (nSPS) is 10.5. The molecule has 0 heterocycles. The Hall–Kier alpha value is -0.830. The molecule has 0 amide bonds. The highest BCUT2D eigenvalue weighted by Gasteiger charge is 2.04. The van der Waals surface area contributed by atoms with Crippen molar-refractivity contribution in [3.63, 3.8) is 0 Å². The Balaban J connectivity index is 2.60. The van der Waals surface area contributed by atoms with E-state index < -0.39 is 0 Å². The number of ether oxygens (including phenoxy) is 2. The van der Waals surface area contributed by atoms with Crippen molar-refractivity contribution in [2.45, 2.75) is 25.2 Å². The predicted molar refractivity (Wildman–Crippen MR) is 65.2 cm³/mol. The maximum absolute atomic E-state index is 5.63. The van der Waals surface area contributed by atoms with Crippen molar-refractivity contribution in [3.05, 3.63) is 18.2 Å². The topological polar surface area (TPSA) is 18.5 Å². The number of thiol groups is 1. The van der Waals surface area contributed by atoms with Gasteiger partial charge in [0.1, 0.15) is 0 Å². The SMILES string of the molecule is COc1cc(S)ccc1OCCC(C)C. The van der Waals surface area contributed by atoms with Gasteiger partial charge in [0.05, 0.1) is 13.7 Å². The summed E-state index contributed by atoms with van der Waals surface area (Å²) in [6.45, 7) is 5.08. The summed E-state index contributed by atoms with van der Waals surface area (Å²) in [4.78, 5) is 0.878. The van der Waals surface area contributed by atoms with E-state index in [2.05, 4.69) is 26.5 Å². The second kappa shape index (κ2) is 5.91. The Labute approximate surface area is 97.0 Å². The summed E-state index contributed by atoms with van der Waals surface area (Å²) in [6, 6.07) is 5.64. The van der Waals surface area contributed by atoms with Crippen molar-refractivity contribution < 1.29 is 9.47 Å². The zero-order valence-corrected chi connectivity index (χ0v) is 10.4. The molecule has 0 saturated carbocycles. The number of benzene rings is 1. The van der Waals surface area contributed by atoms with E-state index in [-0.39, 0.29) is 0 Å². The lowest BCUT2D eigenvalue weighted by Crippen LogP contribution is -2.02. The van der Waals surface area contributed by atoms with Gasteiger partial charge in [-0.3, -0.25) is 0 Å². The minimum absolute atomic E-state index is 0.653. The van der Waals surface area contributed by atoms with E-state index in [0.29, 0.717) is 5.92 Å². The first-order valence-corrected chi connectivity index (χ1v) is 5.58. The van der Waals surface area contributed by atoms with E-state index in [4.69, 9.17) is 9.47 Å². The van der Waals surface area contributed by atoms with Gasteiger partial charge < -0.3 is 9.47 Å². The van der Waals surface area contributed by atoms with Gasteiger partial charge in [0.25, 0.3) is 0 Å². The van der Waals surface area contributed by atoms with Crippen molar-refractivity contribution in [3.8, 4) is 11.5 Å².